The average molecular weight is 1190 g/mol. The lowest BCUT2D eigenvalue weighted by Gasteiger charge is -2.42. The van der Waals surface area contributed by atoms with Crippen molar-refractivity contribution in [3.8, 4) is 0 Å². The smallest absolute Gasteiger partial charge is 0.160 e. The van der Waals surface area contributed by atoms with Gasteiger partial charge in [-0.1, -0.05) is 113 Å². The molecule has 0 bridgehead atoms. The summed E-state index contributed by atoms with van der Waals surface area (Å²) in [7, 11) is 0. The number of hydrogen-bond acceptors (Lipinski definition) is 1. The van der Waals surface area contributed by atoms with Crippen LogP contribution in [0, 0.1) is 0 Å². The van der Waals surface area contributed by atoms with Gasteiger partial charge in [0.05, 0.1) is 0 Å². The molecule has 0 radical (unpaired) electrons. The molecule has 0 fully saturated rings. The minimum Gasteiger partial charge on any atom is -0.160 e. The summed E-state index contributed by atoms with van der Waals surface area (Å²) in [6.45, 7) is 0. The molecule has 0 aromatic rings. The maximum atomic E-state index is 2.54. The molecule has 0 unspecified atom stereocenters. The van der Waals surface area contributed by atoms with E-state index in [-0.39, 0.29) is 2.42 Å². The summed E-state index contributed by atoms with van der Waals surface area (Å²) in [5.74, 6) is 0. The fourth-order valence-electron chi connectivity index (χ4n) is 0.277. The Morgan fingerprint density at radius 2 is 1.00 bits per heavy atom. The summed E-state index contributed by atoms with van der Waals surface area (Å²) in [6.07, 6.45) is 0. The molecule has 10 heteroatoms. The van der Waals surface area contributed by atoms with Gasteiger partial charge in [-0.3, -0.25) is 0 Å². The van der Waals surface area contributed by atoms with Crippen molar-refractivity contribution in [1.82, 2.24) is 1.33 Å². The van der Waals surface area contributed by atoms with E-state index in [0.717, 1.165) is 0 Å². The Hall–Kier alpha value is 6.53. The summed E-state index contributed by atoms with van der Waals surface area (Å²) < 4.78 is 2.60. The van der Waals surface area contributed by atoms with Crippen molar-refractivity contribution < 1.29 is 0 Å². The van der Waals surface area contributed by atoms with Gasteiger partial charge >= 0.3 is 0 Å². The van der Waals surface area contributed by atoms with E-state index in [9.17, 15) is 0 Å². The van der Waals surface area contributed by atoms with Gasteiger partial charge in [-0.05, 0) is 45.2 Å². The average Bonchev–Trinajstić information content (AvgIpc) is 1.84. The van der Waals surface area contributed by atoms with Crippen molar-refractivity contribution >= 4 is 204 Å². The minimum absolute atomic E-state index is 0.0777. The number of alkyl halides is 7. The van der Waals surface area contributed by atoms with Gasteiger partial charge in [-0.15, -0.1) is 0 Å². The van der Waals surface area contributed by atoms with Crippen LogP contribution in [-0.4, -0.2) is 3.74 Å². The molecule has 0 spiro atoms. The van der Waals surface area contributed by atoms with Crippen LogP contribution in [0.5, 0.6) is 0 Å². The lowest BCUT2D eigenvalue weighted by Crippen LogP contribution is -2.48. The van der Waals surface area contributed by atoms with E-state index in [1.165, 1.54) is 0 Å². The SMILES string of the molecule is IN(I)C(I)(I)C(I)(I)C(I)(I)I. The Morgan fingerprint density at radius 3 is 1.08 bits per heavy atom. The molecular formula is C3I9N. The molecule has 0 atom stereocenters. The first-order chi connectivity index (χ1) is 5.44. The molecule has 0 aliphatic heterocycles. The van der Waals surface area contributed by atoms with Crippen LogP contribution in [0.4, 0.5) is 0 Å². The van der Waals surface area contributed by atoms with Crippen molar-refractivity contribution in [2.45, 2.75) is 2.42 Å². The Labute approximate surface area is 201 Å². The van der Waals surface area contributed by atoms with E-state index in [2.05, 4.69) is 205 Å². The molecule has 0 aliphatic rings. The van der Waals surface area contributed by atoms with Gasteiger partial charge < -0.3 is 0 Å². The lowest BCUT2D eigenvalue weighted by atomic mass is 10.5. The van der Waals surface area contributed by atoms with E-state index < -0.39 is 0 Å². The zero-order valence-electron chi connectivity index (χ0n) is 5.35. The van der Waals surface area contributed by atoms with Crippen molar-refractivity contribution in [2.75, 3.05) is 0 Å². The molecule has 0 N–H and O–H groups in total. The van der Waals surface area contributed by atoms with Crippen molar-refractivity contribution in [1.29, 1.82) is 0 Å². The van der Waals surface area contributed by atoms with E-state index in [1.807, 2.05) is 0 Å². The number of nitrogens with zero attached hydrogens (tertiary/aromatic N) is 1. The van der Waals surface area contributed by atoms with Crippen LogP contribution in [0.25, 0.3) is 0 Å². The van der Waals surface area contributed by atoms with Crippen LogP contribution >= 0.6 is 204 Å². The number of rotatable bonds is 3. The first-order valence-electron chi connectivity index (χ1n) is 2.38. The van der Waals surface area contributed by atoms with Gasteiger partial charge in [0.25, 0.3) is 0 Å². The first-order valence-corrected chi connectivity index (χ1v) is 11.9. The summed E-state index contributed by atoms with van der Waals surface area (Å²) in [5.41, 5.74) is 0. The van der Waals surface area contributed by atoms with Gasteiger partial charge in [0.1, 0.15) is 1.43 Å². The quantitative estimate of drug-likeness (QED) is 0.127. The fraction of sp³-hybridized carbons (Fsp3) is 1.00. The van der Waals surface area contributed by atoms with Crippen LogP contribution in [0.2, 0.25) is 0 Å². The molecular weight excluding hydrogens is 1190 g/mol. The van der Waals surface area contributed by atoms with E-state index in [4.69, 9.17) is 0 Å². The molecule has 0 saturated heterocycles. The second-order valence-electron chi connectivity index (χ2n) is 1.85. The second-order valence-corrected chi connectivity index (χ2v) is 27.2. The Morgan fingerprint density at radius 1 is 0.692 bits per heavy atom. The van der Waals surface area contributed by atoms with E-state index >= 15 is 0 Å². The van der Waals surface area contributed by atoms with E-state index in [1.54, 1.807) is 0 Å². The molecule has 0 heterocycles. The van der Waals surface area contributed by atoms with Gasteiger partial charge in [-0.25, -0.2) is 0 Å². The lowest BCUT2D eigenvalue weighted by molar-refractivity contribution is 0.741. The Bertz CT molecular complexity index is 180. The van der Waals surface area contributed by atoms with Gasteiger partial charge in [0.15, 0.2) is 0.988 Å². The third kappa shape index (κ3) is 5.43. The predicted octanol–water partition coefficient (Wildman–Crippen LogP) is 7.04. The molecule has 0 aliphatic carbocycles. The van der Waals surface area contributed by atoms with Gasteiger partial charge in [-0.2, -0.15) is 1.33 Å². The maximum absolute atomic E-state index is 2.54. The predicted molar refractivity (Wildman–Crippen MR) is 136 cm³/mol. The molecule has 0 aromatic carbocycles. The van der Waals surface area contributed by atoms with E-state index in [0.29, 0.717) is 0 Å². The maximum Gasteiger partial charge on any atom is 0.168 e. The summed E-state index contributed by atoms with van der Waals surface area (Å²) >= 11 is 22.2. The molecule has 1 nitrogen and oxygen atoms in total. The highest BCUT2D eigenvalue weighted by Gasteiger charge is 2.58. The van der Waals surface area contributed by atoms with Gasteiger partial charge in [0, 0.05) is 45.7 Å². The zero-order valence-corrected chi connectivity index (χ0v) is 24.8. The standard InChI is InChI=1S/C3I9N/c4-1(5,2(6,7)8)3(9,10)13(11)12. The van der Waals surface area contributed by atoms with Crippen molar-refractivity contribution in [3.05, 3.63) is 0 Å². The first kappa shape index (κ1) is 19.5. The van der Waals surface area contributed by atoms with Crippen LogP contribution in [0.3, 0.4) is 0 Å². The van der Waals surface area contributed by atoms with Crippen LogP contribution in [0.15, 0.2) is 0 Å². The summed E-state index contributed by atoms with van der Waals surface area (Å²) in [4.78, 5) is 0. The second kappa shape index (κ2) is 7.51. The Kier molecular flexibility index (Phi) is 11.3. The highest BCUT2D eigenvalue weighted by molar-refractivity contribution is 14.3. The molecule has 80 valence electrons. The largest absolute Gasteiger partial charge is 0.168 e. The zero-order chi connectivity index (χ0) is 11.1. The van der Waals surface area contributed by atoms with Crippen molar-refractivity contribution in [3.63, 3.8) is 0 Å². The third-order valence-corrected chi connectivity index (χ3v) is 24.6. The fourth-order valence-corrected chi connectivity index (χ4v) is 8.41. The summed E-state index contributed by atoms with van der Waals surface area (Å²) in [5, 5.41) is 0. The highest BCUT2D eigenvalue weighted by atomic mass is 127. The minimum atomic E-state index is 0.0777. The third-order valence-electron chi connectivity index (χ3n) is 0.946. The van der Waals surface area contributed by atoms with Crippen LogP contribution in [0.1, 0.15) is 0 Å². The molecule has 0 amide bonds. The summed E-state index contributed by atoms with van der Waals surface area (Å²) in [6, 6.07) is 0. The molecule has 0 rings (SSSR count). The normalized spacial score (nSPS) is 15.2. The monoisotopic (exact) mass is 1190 g/mol. The van der Waals surface area contributed by atoms with Crippen molar-refractivity contribution in [2.24, 2.45) is 0 Å². The van der Waals surface area contributed by atoms with Crippen LogP contribution in [-0.2, 0) is 0 Å². The Balaban J connectivity index is 5.04. The van der Waals surface area contributed by atoms with Crippen LogP contribution < -0.4 is 0 Å². The number of hydrogen-bond donors (Lipinski definition) is 0. The number of halogens is 9. The highest BCUT2D eigenvalue weighted by Crippen LogP contribution is 2.66. The molecule has 0 saturated carbocycles. The topological polar surface area (TPSA) is 3.24 Å². The molecule has 13 heavy (non-hydrogen) atoms. The molecule has 0 aromatic heterocycles. The van der Waals surface area contributed by atoms with Gasteiger partial charge in [0.2, 0.25) is 0 Å².